The Bertz CT molecular complexity index is 573. The molecule has 2 nitrogen and oxygen atoms in total. The lowest BCUT2D eigenvalue weighted by atomic mass is 10.00. The standard InChI is InChI=1S/C19H24N2.ClH/c1-2-3-4-5-6-15-7-9-16(10-8-15)17-11-13-18(14-12-17)19(20)21;/h7-14H,2-6H2,1H3,(H3,20,21);1H. The minimum atomic E-state index is 0. The first kappa shape index (κ1) is 18.2. The summed E-state index contributed by atoms with van der Waals surface area (Å²) in [7, 11) is 0. The molecule has 0 aliphatic rings. The summed E-state index contributed by atoms with van der Waals surface area (Å²) >= 11 is 0. The zero-order chi connectivity index (χ0) is 15.1. The molecule has 118 valence electrons. The van der Waals surface area contributed by atoms with Crippen molar-refractivity contribution in [2.45, 2.75) is 39.0 Å². The van der Waals surface area contributed by atoms with Crippen molar-refractivity contribution in [2.75, 3.05) is 0 Å². The smallest absolute Gasteiger partial charge is 0.122 e. The molecule has 0 saturated heterocycles. The van der Waals surface area contributed by atoms with E-state index in [-0.39, 0.29) is 18.2 Å². The summed E-state index contributed by atoms with van der Waals surface area (Å²) in [5.74, 6) is 0.115. The highest BCUT2D eigenvalue weighted by Gasteiger charge is 2.00. The summed E-state index contributed by atoms with van der Waals surface area (Å²) < 4.78 is 0. The molecule has 2 aromatic carbocycles. The third kappa shape index (κ3) is 5.19. The van der Waals surface area contributed by atoms with Gasteiger partial charge in [0.05, 0.1) is 0 Å². The van der Waals surface area contributed by atoms with Crippen molar-refractivity contribution in [1.29, 1.82) is 5.41 Å². The molecule has 3 heteroatoms. The van der Waals surface area contributed by atoms with Crippen LogP contribution in [0.3, 0.4) is 0 Å². The van der Waals surface area contributed by atoms with Crippen LogP contribution >= 0.6 is 12.4 Å². The predicted octanol–water partition coefficient (Wildman–Crippen LogP) is 5.18. The van der Waals surface area contributed by atoms with Gasteiger partial charge in [-0.2, -0.15) is 0 Å². The molecule has 0 amide bonds. The van der Waals surface area contributed by atoms with Gasteiger partial charge in [-0.3, -0.25) is 5.41 Å². The van der Waals surface area contributed by atoms with Crippen LogP contribution < -0.4 is 5.73 Å². The number of unbranched alkanes of at least 4 members (excludes halogenated alkanes) is 3. The van der Waals surface area contributed by atoms with Crippen molar-refractivity contribution in [3.05, 3.63) is 59.7 Å². The van der Waals surface area contributed by atoms with E-state index in [1.54, 1.807) is 0 Å². The van der Waals surface area contributed by atoms with Crippen LogP contribution in [-0.2, 0) is 6.42 Å². The Labute approximate surface area is 139 Å². The van der Waals surface area contributed by atoms with E-state index in [0.29, 0.717) is 0 Å². The van der Waals surface area contributed by atoms with Gasteiger partial charge < -0.3 is 5.73 Å². The maximum absolute atomic E-state index is 7.41. The Morgan fingerprint density at radius 1 is 0.864 bits per heavy atom. The molecule has 0 spiro atoms. The van der Waals surface area contributed by atoms with E-state index in [2.05, 4.69) is 31.2 Å². The fourth-order valence-corrected chi connectivity index (χ4v) is 2.46. The molecule has 3 N–H and O–H groups in total. The Kier molecular flexibility index (Phi) is 7.69. The number of rotatable bonds is 7. The lowest BCUT2D eigenvalue weighted by Crippen LogP contribution is -2.10. The summed E-state index contributed by atoms with van der Waals surface area (Å²) in [6.07, 6.45) is 6.39. The van der Waals surface area contributed by atoms with Gasteiger partial charge in [-0.25, -0.2) is 0 Å². The van der Waals surface area contributed by atoms with Gasteiger partial charge in [0.25, 0.3) is 0 Å². The quantitative estimate of drug-likeness (QED) is 0.412. The van der Waals surface area contributed by atoms with Gasteiger partial charge in [-0.15, -0.1) is 12.4 Å². The van der Waals surface area contributed by atoms with Gasteiger partial charge >= 0.3 is 0 Å². The van der Waals surface area contributed by atoms with Gasteiger partial charge in [0, 0.05) is 5.56 Å². The number of aryl methyl sites for hydroxylation is 1. The monoisotopic (exact) mass is 316 g/mol. The highest BCUT2D eigenvalue weighted by molar-refractivity contribution is 5.95. The lowest BCUT2D eigenvalue weighted by molar-refractivity contribution is 0.667. The topological polar surface area (TPSA) is 49.9 Å². The molecule has 0 aliphatic heterocycles. The molecule has 0 aromatic heterocycles. The predicted molar refractivity (Wildman–Crippen MR) is 98.0 cm³/mol. The van der Waals surface area contributed by atoms with E-state index < -0.39 is 0 Å². The van der Waals surface area contributed by atoms with Crippen molar-refractivity contribution in [3.8, 4) is 11.1 Å². The number of hydrogen-bond donors (Lipinski definition) is 2. The number of nitrogens with two attached hydrogens (primary N) is 1. The Morgan fingerprint density at radius 3 is 1.91 bits per heavy atom. The Morgan fingerprint density at radius 2 is 1.41 bits per heavy atom. The number of nitrogens with one attached hydrogen (secondary N) is 1. The normalized spacial score (nSPS) is 10.0. The summed E-state index contributed by atoms with van der Waals surface area (Å²) in [6.45, 7) is 2.24. The van der Waals surface area contributed by atoms with Crippen LogP contribution in [0.15, 0.2) is 48.5 Å². The first-order chi connectivity index (χ1) is 10.2. The third-order valence-corrected chi connectivity index (χ3v) is 3.80. The molecule has 22 heavy (non-hydrogen) atoms. The largest absolute Gasteiger partial charge is 0.384 e. The summed E-state index contributed by atoms with van der Waals surface area (Å²) in [4.78, 5) is 0. The van der Waals surface area contributed by atoms with Gasteiger partial charge in [-0.05, 0) is 29.5 Å². The minimum absolute atomic E-state index is 0. The minimum Gasteiger partial charge on any atom is -0.384 e. The van der Waals surface area contributed by atoms with E-state index in [0.717, 1.165) is 11.1 Å². The van der Waals surface area contributed by atoms with E-state index in [1.165, 1.54) is 43.2 Å². The average molecular weight is 317 g/mol. The Hall–Kier alpha value is -1.80. The van der Waals surface area contributed by atoms with Gasteiger partial charge in [0.1, 0.15) is 5.84 Å². The zero-order valence-electron chi connectivity index (χ0n) is 13.1. The highest BCUT2D eigenvalue weighted by Crippen LogP contribution is 2.21. The average Bonchev–Trinajstić information content (AvgIpc) is 2.52. The van der Waals surface area contributed by atoms with Gasteiger partial charge in [0.15, 0.2) is 0 Å². The fraction of sp³-hybridized carbons (Fsp3) is 0.316. The van der Waals surface area contributed by atoms with Crippen molar-refractivity contribution in [2.24, 2.45) is 5.73 Å². The molecule has 0 atom stereocenters. The second-order valence-electron chi connectivity index (χ2n) is 5.50. The van der Waals surface area contributed by atoms with Gasteiger partial charge in [-0.1, -0.05) is 74.7 Å². The van der Waals surface area contributed by atoms with E-state index in [1.807, 2.05) is 24.3 Å². The van der Waals surface area contributed by atoms with Crippen molar-refractivity contribution >= 4 is 18.2 Å². The zero-order valence-corrected chi connectivity index (χ0v) is 14.0. The SMILES string of the molecule is CCCCCCc1ccc(-c2ccc(C(=N)N)cc2)cc1.Cl. The van der Waals surface area contributed by atoms with Crippen LogP contribution in [-0.4, -0.2) is 5.84 Å². The van der Waals surface area contributed by atoms with Crippen LogP contribution in [0.4, 0.5) is 0 Å². The number of benzene rings is 2. The fourth-order valence-electron chi connectivity index (χ4n) is 2.46. The number of nitrogen functional groups attached to an aromatic ring is 1. The van der Waals surface area contributed by atoms with E-state index >= 15 is 0 Å². The van der Waals surface area contributed by atoms with E-state index in [4.69, 9.17) is 11.1 Å². The first-order valence-corrected chi connectivity index (χ1v) is 7.74. The lowest BCUT2D eigenvalue weighted by Gasteiger charge is -2.06. The number of hydrogen-bond acceptors (Lipinski definition) is 1. The molecular weight excluding hydrogens is 292 g/mol. The van der Waals surface area contributed by atoms with Crippen LogP contribution in [0.25, 0.3) is 11.1 Å². The molecule has 2 rings (SSSR count). The van der Waals surface area contributed by atoms with Crippen molar-refractivity contribution in [3.63, 3.8) is 0 Å². The maximum atomic E-state index is 7.41. The number of halogens is 1. The number of amidine groups is 1. The molecule has 0 unspecified atom stereocenters. The van der Waals surface area contributed by atoms with Crippen molar-refractivity contribution < 1.29 is 0 Å². The second-order valence-corrected chi connectivity index (χ2v) is 5.50. The van der Waals surface area contributed by atoms with Gasteiger partial charge in [0.2, 0.25) is 0 Å². The van der Waals surface area contributed by atoms with Crippen LogP contribution in [0, 0.1) is 5.41 Å². The molecular formula is C19H25ClN2. The van der Waals surface area contributed by atoms with Crippen LogP contribution in [0.2, 0.25) is 0 Å². The van der Waals surface area contributed by atoms with Crippen LogP contribution in [0.5, 0.6) is 0 Å². The van der Waals surface area contributed by atoms with E-state index in [9.17, 15) is 0 Å². The Balaban J connectivity index is 0.00000242. The van der Waals surface area contributed by atoms with Crippen molar-refractivity contribution in [1.82, 2.24) is 0 Å². The molecule has 0 bridgehead atoms. The summed E-state index contributed by atoms with van der Waals surface area (Å²) in [5.41, 5.74) is 10.0. The molecule has 0 heterocycles. The molecule has 0 radical (unpaired) electrons. The molecule has 0 fully saturated rings. The maximum Gasteiger partial charge on any atom is 0.122 e. The highest BCUT2D eigenvalue weighted by atomic mass is 35.5. The molecule has 2 aromatic rings. The molecule has 0 saturated carbocycles. The summed E-state index contributed by atoms with van der Waals surface area (Å²) in [6, 6.07) is 16.6. The van der Waals surface area contributed by atoms with Crippen LogP contribution in [0.1, 0.15) is 43.7 Å². The first-order valence-electron chi connectivity index (χ1n) is 7.74. The second kappa shape index (κ2) is 9.26. The molecule has 0 aliphatic carbocycles. The third-order valence-electron chi connectivity index (χ3n) is 3.80. The summed E-state index contributed by atoms with van der Waals surface area (Å²) in [5, 5.41) is 7.41.